The molecule has 2 fully saturated rings. The number of hydrogen-bond acceptors (Lipinski definition) is 4. The zero-order valence-corrected chi connectivity index (χ0v) is 19.8. The van der Waals surface area contributed by atoms with Gasteiger partial charge < -0.3 is 19.3 Å². The Labute approximate surface area is 199 Å². The molecule has 0 unspecified atom stereocenters. The van der Waals surface area contributed by atoms with Gasteiger partial charge in [0.2, 0.25) is 0 Å². The van der Waals surface area contributed by atoms with Crippen LogP contribution in [0.15, 0.2) is 73.3 Å². The van der Waals surface area contributed by atoms with E-state index in [9.17, 15) is 5.11 Å². The first-order valence-electron chi connectivity index (χ1n) is 12.4. The van der Waals surface area contributed by atoms with E-state index in [1.165, 1.54) is 17.5 Å². The lowest BCUT2D eigenvalue weighted by molar-refractivity contribution is -0.0439. The van der Waals surface area contributed by atoms with E-state index in [-0.39, 0.29) is 12.2 Å². The summed E-state index contributed by atoms with van der Waals surface area (Å²) in [7, 11) is 0. The Bertz CT molecular complexity index is 764. The van der Waals surface area contributed by atoms with E-state index in [0.717, 1.165) is 44.9 Å². The maximum Gasteiger partial charge on any atom is 0.0720 e. The fourth-order valence-electron chi connectivity index (χ4n) is 4.46. The van der Waals surface area contributed by atoms with Gasteiger partial charge >= 0.3 is 0 Å². The van der Waals surface area contributed by atoms with Crippen molar-refractivity contribution in [2.45, 2.75) is 89.0 Å². The number of hydrogen-bond donors (Lipinski definition) is 1. The van der Waals surface area contributed by atoms with E-state index >= 15 is 0 Å². The fraction of sp³-hybridized carbons (Fsp3) is 0.517. The molecular formula is C29H40O4. The highest BCUT2D eigenvalue weighted by atomic mass is 16.5. The summed E-state index contributed by atoms with van der Waals surface area (Å²) in [6.07, 6.45) is 11.0. The van der Waals surface area contributed by atoms with Crippen LogP contribution in [0.5, 0.6) is 0 Å². The molecule has 2 aliphatic rings. The van der Waals surface area contributed by atoms with Gasteiger partial charge in [-0.2, -0.15) is 0 Å². The summed E-state index contributed by atoms with van der Waals surface area (Å²) in [5.41, 5.74) is 2.45. The smallest absolute Gasteiger partial charge is 0.0720 e. The van der Waals surface area contributed by atoms with Crippen LogP contribution < -0.4 is 0 Å². The molecule has 4 nitrogen and oxygen atoms in total. The standard InChI is InChI=1S/C16H22O2.C13H18O2/c1-2-11-17-15-9-6-10-16(12-15)18-13-14-7-4-3-5-8-14;14-12-7-4-8-13(9-12)15-10-11-5-2-1-3-6-11/h2-5,7-8,15-16H,1,6,9-13H2;1-3,5-6,12-14H,4,7-10H2/t15-,16+;12-,13+/m11/s1. The summed E-state index contributed by atoms with van der Waals surface area (Å²) in [6, 6.07) is 20.5. The van der Waals surface area contributed by atoms with Gasteiger partial charge in [0.05, 0.1) is 44.2 Å². The van der Waals surface area contributed by atoms with Crippen molar-refractivity contribution in [3.63, 3.8) is 0 Å². The second-order valence-corrected chi connectivity index (χ2v) is 9.07. The van der Waals surface area contributed by atoms with Crippen LogP contribution in [-0.4, -0.2) is 36.1 Å². The van der Waals surface area contributed by atoms with Crippen molar-refractivity contribution < 1.29 is 19.3 Å². The van der Waals surface area contributed by atoms with E-state index in [4.69, 9.17) is 14.2 Å². The van der Waals surface area contributed by atoms with Gasteiger partial charge in [0.25, 0.3) is 0 Å². The maximum atomic E-state index is 9.50. The summed E-state index contributed by atoms with van der Waals surface area (Å²) >= 11 is 0. The van der Waals surface area contributed by atoms with E-state index in [2.05, 4.69) is 43.0 Å². The SMILES string of the molecule is C=CCO[C@@H]1CCC[C@H](OCc2ccccc2)C1.O[C@@H]1CCC[C@H](OCc2ccccc2)C1. The Morgan fingerprint density at radius 2 is 1.18 bits per heavy atom. The lowest BCUT2D eigenvalue weighted by Gasteiger charge is -2.29. The number of benzene rings is 2. The van der Waals surface area contributed by atoms with Crippen LogP contribution in [0.1, 0.15) is 62.5 Å². The largest absolute Gasteiger partial charge is 0.393 e. The van der Waals surface area contributed by atoms with Crippen LogP contribution in [0.4, 0.5) is 0 Å². The molecule has 180 valence electrons. The molecule has 1 N–H and O–H groups in total. The van der Waals surface area contributed by atoms with E-state index < -0.39 is 0 Å². The van der Waals surface area contributed by atoms with E-state index in [0.29, 0.717) is 32.0 Å². The summed E-state index contributed by atoms with van der Waals surface area (Å²) < 4.78 is 17.5. The van der Waals surface area contributed by atoms with Crippen molar-refractivity contribution >= 4 is 0 Å². The van der Waals surface area contributed by atoms with Gasteiger partial charge in [-0.05, 0) is 62.5 Å². The second kappa shape index (κ2) is 15.0. The van der Waals surface area contributed by atoms with Crippen LogP contribution in [0.25, 0.3) is 0 Å². The van der Waals surface area contributed by atoms with Gasteiger partial charge in [-0.15, -0.1) is 6.58 Å². The van der Waals surface area contributed by atoms with Crippen LogP contribution in [-0.2, 0) is 27.4 Å². The molecule has 0 aliphatic heterocycles. The van der Waals surface area contributed by atoms with Gasteiger partial charge in [0, 0.05) is 0 Å². The molecule has 2 saturated carbocycles. The van der Waals surface area contributed by atoms with Crippen LogP contribution in [0.2, 0.25) is 0 Å². The Balaban J connectivity index is 0.000000189. The topological polar surface area (TPSA) is 47.9 Å². The average Bonchev–Trinajstić information content (AvgIpc) is 2.87. The third kappa shape index (κ3) is 10.2. The van der Waals surface area contributed by atoms with Crippen LogP contribution in [0, 0.1) is 0 Å². The Kier molecular flexibility index (Phi) is 11.7. The fourth-order valence-corrected chi connectivity index (χ4v) is 4.46. The minimum atomic E-state index is -0.153. The highest BCUT2D eigenvalue weighted by Gasteiger charge is 2.23. The van der Waals surface area contributed by atoms with Gasteiger partial charge in [-0.25, -0.2) is 0 Å². The van der Waals surface area contributed by atoms with E-state index in [1.54, 1.807) is 0 Å². The minimum Gasteiger partial charge on any atom is -0.393 e. The third-order valence-corrected chi connectivity index (χ3v) is 6.28. The van der Waals surface area contributed by atoms with Crippen molar-refractivity contribution in [3.8, 4) is 0 Å². The molecule has 4 atom stereocenters. The summed E-state index contributed by atoms with van der Waals surface area (Å²) in [5, 5.41) is 9.50. The van der Waals surface area contributed by atoms with Gasteiger partial charge in [-0.3, -0.25) is 0 Å². The molecule has 4 rings (SSSR count). The number of aliphatic hydroxyl groups excluding tert-OH is 1. The first-order chi connectivity index (χ1) is 16.2. The molecule has 0 saturated heterocycles. The molecular weight excluding hydrogens is 412 g/mol. The summed E-state index contributed by atoms with van der Waals surface area (Å²) in [6.45, 7) is 5.71. The van der Waals surface area contributed by atoms with Gasteiger partial charge in [0.15, 0.2) is 0 Å². The first-order valence-corrected chi connectivity index (χ1v) is 12.4. The molecule has 33 heavy (non-hydrogen) atoms. The predicted octanol–water partition coefficient (Wildman–Crippen LogP) is 6.22. The van der Waals surface area contributed by atoms with Crippen molar-refractivity contribution in [3.05, 3.63) is 84.4 Å². The molecule has 2 aliphatic carbocycles. The number of rotatable bonds is 9. The minimum absolute atomic E-state index is 0.153. The molecule has 2 aromatic rings. The second-order valence-electron chi connectivity index (χ2n) is 9.07. The van der Waals surface area contributed by atoms with Crippen molar-refractivity contribution in [1.29, 1.82) is 0 Å². The molecule has 2 aromatic carbocycles. The van der Waals surface area contributed by atoms with Gasteiger partial charge in [0.1, 0.15) is 0 Å². The van der Waals surface area contributed by atoms with Crippen molar-refractivity contribution in [1.82, 2.24) is 0 Å². The first kappa shape index (κ1) is 25.6. The predicted molar refractivity (Wildman–Crippen MR) is 133 cm³/mol. The highest BCUT2D eigenvalue weighted by molar-refractivity contribution is 5.14. The highest BCUT2D eigenvalue weighted by Crippen LogP contribution is 2.24. The third-order valence-electron chi connectivity index (χ3n) is 6.28. The molecule has 0 spiro atoms. The number of aliphatic hydroxyl groups is 1. The Morgan fingerprint density at radius 3 is 1.70 bits per heavy atom. The zero-order valence-electron chi connectivity index (χ0n) is 19.8. The number of ether oxygens (including phenoxy) is 3. The normalized spacial score (nSPS) is 25.0. The molecule has 0 radical (unpaired) electrons. The Morgan fingerprint density at radius 1 is 0.697 bits per heavy atom. The molecule has 0 aromatic heterocycles. The lowest BCUT2D eigenvalue weighted by atomic mass is 9.95. The summed E-state index contributed by atoms with van der Waals surface area (Å²) in [4.78, 5) is 0. The van der Waals surface area contributed by atoms with Crippen molar-refractivity contribution in [2.75, 3.05) is 6.61 Å². The van der Waals surface area contributed by atoms with Gasteiger partial charge in [-0.1, -0.05) is 66.7 Å². The molecule has 4 heteroatoms. The van der Waals surface area contributed by atoms with E-state index in [1.807, 2.05) is 30.3 Å². The van der Waals surface area contributed by atoms with Crippen LogP contribution in [0.3, 0.4) is 0 Å². The van der Waals surface area contributed by atoms with Crippen LogP contribution >= 0.6 is 0 Å². The monoisotopic (exact) mass is 452 g/mol. The molecule has 0 heterocycles. The summed E-state index contributed by atoms with van der Waals surface area (Å²) in [5.74, 6) is 0. The molecule has 0 bridgehead atoms. The van der Waals surface area contributed by atoms with Crippen molar-refractivity contribution in [2.24, 2.45) is 0 Å². The Hall–Kier alpha value is -1.98. The zero-order chi connectivity index (χ0) is 23.1. The maximum absolute atomic E-state index is 9.50. The average molecular weight is 453 g/mol. The quantitative estimate of drug-likeness (QED) is 0.459. The molecule has 0 amide bonds. The lowest BCUT2D eigenvalue weighted by Crippen LogP contribution is -2.28.